The average Bonchev–Trinajstić information content (AvgIpc) is 2.52. The van der Waals surface area contributed by atoms with Crippen molar-refractivity contribution >= 4 is 6.03 Å². The number of ether oxygens (including phenoxy) is 1. The van der Waals surface area contributed by atoms with E-state index in [0.29, 0.717) is 5.88 Å². The number of hydrogen-bond acceptors (Lipinski definition) is 4. The van der Waals surface area contributed by atoms with E-state index in [1.807, 2.05) is 24.8 Å². The summed E-state index contributed by atoms with van der Waals surface area (Å²) < 4.78 is 5.96. The highest BCUT2D eigenvalue weighted by atomic mass is 16.5. The summed E-state index contributed by atoms with van der Waals surface area (Å²) in [5, 5.41) is 3.09. The third kappa shape index (κ3) is 5.08. The van der Waals surface area contributed by atoms with E-state index in [1.165, 1.54) is 0 Å². The molecule has 0 saturated carbocycles. The highest BCUT2D eigenvalue weighted by Crippen LogP contribution is 2.18. The first-order chi connectivity index (χ1) is 11.0. The van der Waals surface area contributed by atoms with Crippen LogP contribution < -0.4 is 10.1 Å². The topological polar surface area (TPSA) is 67.4 Å². The quantitative estimate of drug-likeness (QED) is 0.906. The van der Waals surface area contributed by atoms with Crippen LogP contribution in [0.2, 0.25) is 0 Å². The van der Waals surface area contributed by atoms with E-state index in [0.717, 1.165) is 50.3 Å². The van der Waals surface area contributed by atoms with Crippen LogP contribution in [0.25, 0.3) is 0 Å². The Balaban J connectivity index is 1.82. The van der Waals surface area contributed by atoms with Crippen molar-refractivity contribution in [2.24, 2.45) is 0 Å². The fourth-order valence-corrected chi connectivity index (χ4v) is 2.85. The minimum atomic E-state index is 0.0471. The highest BCUT2D eigenvalue weighted by Gasteiger charge is 2.25. The van der Waals surface area contributed by atoms with Gasteiger partial charge >= 0.3 is 6.03 Å². The van der Waals surface area contributed by atoms with Crippen LogP contribution in [0.4, 0.5) is 4.79 Å². The van der Waals surface area contributed by atoms with E-state index in [1.54, 1.807) is 0 Å². The third-order valence-electron chi connectivity index (χ3n) is 4.27. The maximum absolute atomic E-state index is 12.2. The maximum atomic E-state index is 12.2. The van der Waals surface area contributed by atoms with Gasteiger partial charge in [-0.15, -0.1) is 0 Å². The van der Waals surface area contributed by atoms with Crippen molar-refractivity contribution in [2.75, 3.05) is 13.1 Å². The van der Waals surface area contributed by atoms with Gasteiger partial charge < -0.3 is 15.0 Å². The molecule has 6 heteroatoms. The number of nitrogens with zero attached hydrogens (tertiary/aromatic N) is 3. The fraction of sp³-hybridized carbons (Fsp3) is 0.706. The first-order valence-electron chi connectivity index (χ1n) is 8.56. The van der Waals surface area contributed by atoms with Gasteiger partial charge in [-0.2, -0.15) is 4.98 Å². The predicted octanol–water partition coefficient (Wildman–Crippen LogP) is 2.83. The summed E-state index contributed by atoms with van der Waals surface area (Å²) in [5.41, 5.74) is 0.912. The summed E-state index contributed by atoms with van der Waals surface area (Å²) in [6.45, 7) is 9.44. The summed E-state index contributed by atoms with van der Waals surface area (Å²) in [6.07, 6.45) is 3.71. The molecule has 0 bridgehead atoms. The van der Waals surface area contributed by atoms with Gasteiger partial charge in [0.15, 0.2) is 0 Å². The molecular weight excluding hydrogens is 292 g/mol. The molecule has 1 aliphatic rings. The second-order valence-electron chi connectivity index (χ2n) is 6.16. The Hall–Kier alpha value is -1.85. The second kappa shape index (κ2) is 8.13. The number of hydrogen-bond donors (Lipinski definition) is 1. The normalized spacial score (nSPS) is 15.8. The molecule has 1 aromatic heterocycles. The van der Waals surface area contributed by atoms with E-state index >= 15 is 0 Å². The molecule has 1 aliphatic heterocycles. The van der Waals surface area contributed by atoms with Gasteiger partial charge in [0.25, 0.3) is 0 Å². The second-order valence-corrected chi connectivity index (χ2v) is 6.16. The number of urea groups is 1. The van der Waals surface area contributed by atoms with Crippen LogP contribution in [0.1, 0.15) is 51.0 Å². The van der Waals surface area contributed by atoms with Gasteiger partial charge in [-0.1, -0.05) is 13.8 Å². The highest BCUT2D eigenvalue weighted by molar-refractivity contribution is 5.74. The summed E-state index contributed by atoms with van der Waals surface area (Å²) >= 11 is 0. The van der Waals surface area contributed by atoms with E-state index in [9.17, 15) is 4.79 Å². The number of carbonyl (C=O) groups is 1. The van der Waals surface area contributed by atoms with E-state index < -0.39 is 0 Å². The van der Waals surface area contributed by atoms with Gasteiger partial charge in [0.1, 0.15) is 11.9 Å². The molecular formula is C17H28N4O2. The smallest absolute Gasteiger partial charge is 0.317 e. The molecule has 1 fully saturated rings. The first-order valence-corrected chi connectivity index (χ1v) is 8.56. The Bertz CT molecular complexity index is 503. The number of likely N-dealkylation sites (tertiary alicyclic amines) is 1. The Morgan fingerprint density at radius 1 is 1.30 bits per heavy atom. The van der Waals surface area contributed by atoms with Crippen molar-refractivity contribution in [3.63, 3.8) is 0 Å². The van der Waals surface area contributed by atoms with E-state index in [-0.39, 0.29) is 18.2 Å². The monoisotopic (exact) mass is 320 g/mol. The Morgan fingerprint density at radius 2 is 1.96 bits per heavy atom. The Morgan fingerprint density at radius 3 is 2.52 bits per heavy atom. The first kappa shape index (κ1) is 17.5. The number of amides is 2. The van der Waals surface area contributed by atoms with Crippen molar-refractivity contribution in [1.29, 1.82) is 0 Å². The van der Waals surface area contributed by atoms with Crippen molar-refractivity contribution in [3.8, 4) is 5.88 Å². The van der Waals surface area contributed by atoms with Crippen LogP contribution in [-0.4, -0.2) is 46.1 Å². The van der Waals surface area contributed by atoms with Gasteiger partial charge in [0.2, 0.25) is 5.88 Å². The molecule has 2 rings (SSSR count). The van der Waals surface area contributed by atoms with Crippen molar-refractivity contribution in [3.05, 3.63) is 17.6 Å². The molecule has 0 aliphatic carbocycles. The van der Waals surface area contributed by atoms with E-state index in [4.69, 9.17) is 4.74 Å². The zero-order valence-electron chi connectivity index (χ0n) is 14.6. The number of nitrogens with one attached hydrogen (secondary N) is 1. The maximum Gasteiger partial charge on any atom is 0.317 e. The van der Waals surface area contributed by atoms with E-state index in [2.05, 4.69) is 29.1 Å². The molecule has 0 unspecified atom stereocenters. The number of carbonyl (C=O) groups excluding carboxylic acids is 1. The van der Waals surface area contributed by atoms with Crippen molar-refractivity contribution in [2.45, 2.75) is 65.5 Å². The molecule has 2 heterocycles. The van der Waals surface area contributed by atoms with Crippen molar-refractivity contribution < 1.29 is 9.53 Å². The molecule has 1 N–H and O–H groups in total. The standard InChI is InChI=1S/C17H28N4O2/c1-5-14(6-2)20-17(22)21-9-7-15(8-10-21)23-16-11-12(3)18-13(4)19-16/h11,14-15H,5-10H2,1-4H3,(H,20,22). The van der Waals surface area contributed by atoms with Gasteiger partial charge in [-0.05, 0) is 26.7 Å². The van der Waals surface area contributed by atoms with Crippen LogP contribution in [0.5, 0.6) is 5.88 Å². The molecule has 0 aromatic carbocycles. The molecule has 0 atom stereocenters. The average molecular weight is 320 g/mol. The van der Waals surface area contributed by atoms with Gasteiger partial charge in [-0.3, -0.25) is 0 Å². The molecule has 2 amide bonds. The zero-order valence-corrected chi connectivity index (χ0v) is 14.6. The minimum absolute atomic E-state index is 0.0471. The lowest BCUT2D eigenvalue weighted by Gasteiger charge is -2.33. The van der Waals surface area contributed by atoms with Gasteiger partial charge in [-0.25, -0.2) is 9.78 Å². The van der Waals surface area contributed by atoms with Gasteiger partial charge in [0, 0.05) is 43.7 Å². The predicted molar refractivity (Wildman–Crippen MR) is 89.6 cm³/mol. The SMILES string of the molecule is CCC(CC)NC(=O)N1CCC(Oc2cc(C)nc(C)n2)CC1. The molecule has 1 saturated heterocycles. The number of aromatic nitrogens is 2. The summed E-state index contributed by atoms with van der Waals surface area (Å²) in [7, 11) is 0. The number of piperidine rings is 1. The Labute approximate surface area is 138 Å². The number of aryl methyl sites for hydroxylation is 2. The van der Waals surface area contributed by atoms with Crippen LogP contribution in [0.15, 0.2) is 6.07 Å². The lowest BCUT2D eigenvalue weighted by atomic mass is 10.1. The third-order valence-corrected chi connectivity index (χ3v) is 4.27. The summed E-state index contributed by atoms with van der Waals surface area (Å²) in [5.74, 6) is 1.36. The Kier molecular flexibility index (Phi) is 6.19. The molecule has 6 nitrogen and oxygen atoms in total. The molecule has 1 aromatic rings. The zero-order chi connectivity index (χ0) is 16.8. The van der Waals surface area contributed by atoms with Gasteiger partial charge in [0.05, 0.1) is 0 Å². The largest absolute Gasteiger partial charge is 0.474 e. The lowest BCUT2D eigenvalue weighted by Crippen LogP contribution is -2.49. The molecule has 128 valence electrons. The van der Waals surface area contributed by atoms with Crippen molar-refractivity contribution in [1.82, 2.24) is 20.2 Å². The van der Waals surface area contributed by atoms with Crippen LogP contribution in [0, 0.1) is 13.8 Å². The molecule has 23 heavy (non-hydrogen) atoms. The minimum Gasteiger partial charge on any atom is -0.474 e. The summed E-state index contributed by atoms with van der Waals surface area (Å²) in [4.78, 5) is 22.7. The van der Waals surface area contributed by atoms with Crippen LogP contribution in [-0.2, 0) is 0 Å². The number of rotatable bonds is 5. The molecule has 0 radical (unpaired) electrons. The van der Waals surface area contributed by atoms with Crippen LogP contribution in [0.3, 0.4) is 0 Å². The van der Waals surface area contributed by atoms with Crippen LogP contribution >= 0.6 is 0 Å². The fourth-order valence-electron chi connectivity index (χ4n) is 2.85. The summed E-state index contributed by atoms with van der Waals surface area (Å²) in [6, 6.07) is 2.17. The molecule has 0 spiro atoms. The lowest BCUT2D eigenvalue weighted by molar-refractivity contribution is 0.106.